The summed E-state index contributed by atoms with van der Waals surface area (Å²) in [6.07, 6.45) is -3.59. The third-order valence-electron chi connectivity index (χ3n) is 2.31. The van der Waals surface area contributed by atoms with Crippen molar-refractivity contribution >= 4 is 5.91 Å². The van der Waals surface area contributed by atoms with Gasteiger partial charge in [0.1, 0.15) is 0 Å². The molecule has 6 heteroatoms. The largest absolute Gasteiger partial charge is 0.471 e. The summed E-state index contributed by atoms with van der Waals surface area (Å²) >= 11 is 0. The van der Waals surface area contributed by atoms with Crippen molar-refractivity contribution in [2.24, 2.45) is 5.92 Å². The van der Waals surface area contributed by atoms with Gasteiger partial charge in [0.25, 0.3) is 0 Å². The molecule has 0 aromatic carbocycles. The van der Waals surface area contributed by atoms with Crippen molar-refractivity contribution in [3.8, 4) is 0 Å². The van der Waals surface area contributed by atoms with Crippen LogP contribution in [0.3, 0.4) is 0 Å². The van der Waals surface area contributed by atoms with Crippen LogP contribution >= 0.6 is 0 Å². The Hall–Kier alpha value is -0.780. The van der Waals surface area contributed by atoms with Crippen LogP contribution in [0.25, 0.3) is 0 Å². The van der Waals surface area contributed by atoms with E-state index >= 15 is 0 Å². The SMILES string of the molecule is O=C(N1CCCC(CO)C1)C(F)(F)F. The van der Waals surface area contributed by atoms with Crippen LogP contribution in [0, 0.1) is 5.92 Å². The molecule has 1 saturated heterocycles. The number of likely N-dealkylation sites (tertiary alicyclic amines) is 1. The number of rotatable bonds is 1. The summed E-state index contributed by atoms with van der Waals surface area (Å²) in [7, 11) is 0. The Bertz CT molecular complexity index is 217. The molecule has 1 aliphatic rings. The predicted molar refractivity (Wildman–Crippen MR) is 42.4 cm³/mol. The number of aliphatic hydroxyl groups excluding tert-OH is 1. The summed E-state index contributed by atoms with van der Waals surface area (Å²) in [5, 5.41) is 8.77. The monoisotopic (exact) mass is 211 g/mol. The molecule has 82 valence electrons. The van der Waals surface area contributed by atoms with Gasteiger partial charge in [-0.05, 0) is 18.8 Å². The summed E-state index contributed by atoms with van der Waals surface area (Å²) in [4.78, 5) is 11.6. The molecule has 0 spiro atoms. The first-order valence-electron chi connectivity index (χ1n) is 4.42. The van der Waals surface area contributed by atoms with Gasteiger partial charge in [-0.15, -0.1) is 0 Å². The number of aliphatic hydroxyl groups is 1. The van der Waals surface area contributed by atoms with Gasteiger partial charge in [-0.3, -0.25) is 4.79 Å². The standard InChI is InChI=1S/C8H12F3NO2/c9-8(10,11)7(14)12-3-1-2-6(4-12)5-13/h6,13H,1-5H2. The maximum atomic E-state index is 12.0. The van der Waals surface area contributed by atoms with Crippen LogP contribution in [-0.4, -0.2) is 41.8 Å². The molecule has 0 saturated carbocycles. The zero-order valence-corrected chi connectivity index (χ0v) is 7.55. The van der Waals surface area contributed by atoms with Gasteiger partial charge < -0.3 is 10.0 Å². The van der Waals surface area contributed by atoms with Crippen molar-refractivity contribution < 1.29 is 23.1 Å². The van der Waals surface area contributed by atoms with Crippen molar-refractivity contribution in [2.45, 2.75) is 19.0 Å². The van der Waals surface area contributed by atoms with Gasteiger partial charge in [0.2, 0.25) is 0 Å². The molecule has 1 amide bonds. The zero-order chi connectivity index (χ0) is 10.8. The Morgan fingerprint density at radius 1 is 1.50 bits per heavy atom. The molecule has 14 heavy (non-hydrogen) atoms. The fourth-order valence-electron chi connectivity index (χ4n) is 1.58. The van der Waals surface area contributed by atoms with Gasteiger partial charge in [0.05, 0.1) is 0 Å². The van der Waals surface area contributed by atoms with E-state index in [1.807, 2.05) is 0 Å². The van der Waals surface area contributed by atoms with Crippen molar-refractivity contribution in [2.75, 3.05) is 19.7 Å². The maximum absolute atomic E-state index is 12.0. The van der Waals surface area contributed by atoms with E-state index in [4.69, 9.17) is 5.11 Å². The lowest BCUT2D eigenvalue weighted by atomic mass is 9.99. The molecule has 0 aromatic heterocycles. The smallest absolute Gasteiger partial charge is 0.396 e. The van der Waals surface area contributed by atoms with Crippen LogP contribution in [0.4, 0.5) is 13.2 Å². The van der Waals surface area contributed by atoms with Gasteiger partial charge in [-0.25, -0.2) is 0 Å². The average molecular weight is 211 g/mol. The number of halogens is 3. The number of hydrogen-bond donors (Lipinski definition) is 1. The van der Waals surface area contributed by atoms with Crippen molar-refractivity contribution in [3.63, 3.8) is 0 Å². The highest BCUT2D eigenvalue weighted by atomic mass is 19.4. The number of hydrogen-bond acceptors (Lipinski definition) is 2. The second-order valence-electron chi connectivity index (χ2n) is 3.44. The van der Waals surface area contributed by atoms with Crippen LogP contribution in [0.2, 0.25) is 0 Å². The Morgan fingerprint density at radius 2 is 2.14 bits per heavy atom. The quantitative estimate of drug-likeness (QED) is 0.696. The van der Waals surface area contributed by atoms with E-state index in [1.54, 1.807) is 0 Å². The summed E-state index contributed by atoms with van der Waals surface area (Å²) < 4.78 is 36.0. The second-order valence-corrected chi connectivity index (χ2v) is 3.44. The van der Waals surface area contributed by atoms with Crippen LogP contribution in [0.15, 0.2) is 0 Å². The van der Waals surface area contributed by atoms with Crippen LogP contribution in [-0.2, 0) is 4.79 Å². The van der Waals surface area contributed by atoms with Crippen LogP contribution in [0.5, 0.6) is 0 Å². The lowest BCUT2D eigenvalue weighted by molar-refractivity contribution is -0.187. The highest BCUT2D eigenvalue weighted by Gasteiger charge is 2.43. The Labute approximate surface area is 79.5 Å². The third-order valence-corrected chi connectivity index (χ3v) is 2.31. The number of carbonyl (C=O) groups excluding carboxylic acids is 1. The number of piperidine rings is 1. The lowest BCUT2D eigenvalue weighted by Gasteiger charge is -2.32. The van der Waals surface area contributed by atoms with Gasteiger partial charge >= 0.3 is 12.1 Å². The molecule has 1 rings (SSSR count). The first-order valence-corrected chi connectivity index (χ1v) is 4.42. The van der Waals surface area contributed by atoms with E-state index < -0.39 is 12.1 Å². The fraction of sp³-hybridized carbons (Fsp3) is 0.875. The molecule has 1 heterocycles. The summed E-state index contributed by atoms with van der Waals surface area (Å²) in [6, 6.07) is 0. The van der Waals surface area contributed by atoms with E-state index in [9.17, 15) is 18.0 Å². The zero-order valence-electron chi connectivity index (χ0n) is 7.55. The van der Waals surface area contributed by atoms with E-state index in [-0.39, 0.29) is 25.6 Å². The Balaban J connectivity index is 2.56. The number of carbonyl (C=O) groups is 1. The number of alkyl halides is 3. The summed E-state index contributed by atoms with van der Waals surface area (Å²) in [6.45, 7) is -0.0225. The number of nitrogens with zero attached hydrogens (tertiary/aromatic N) is 1. The van der Waals surface area contributed by atoms with E-state index in [1.165, 1.54) is 0 Å². The van der Waals surface area contributed by atoms with Gasteiger partial charge in [0.15, 0.2) is 0 Å². The molecule has 1 N–H and O–H groups in total. The maximum Gasteiger partial charge on any atom is 0.471 e. The van der Waals surface area contributed by atoms with E-state index in [2.05, 4.69) is 0 Å². The molecular formula is C8H12F3NO2. The molecule has 0 aromatic rings. The molecule has 1 atom stereocenters. The normalized spacial score (nSPS) is 23.7. The minimum Gasteiger partial charge on any atom is -0.396 e. The molecule has 0 radical (unpaired) electrons. The molecule has 0 bridgehead atoms. The lowest BCUT2D eigenvalue weighted by Crippen LogP contribution is -2.46. The molecule has 1 fully saturated rings. The van der Waals surface area contributed by atoms with Crippen LogP contribution < -0.4 is 0 Å². The minimum atomic E-state index is -4.79. The molecule has 1 aliphatic heterocycles. The fourth-order valence-corrected chi connectivity index (χ4v) is 1.58. The first-order chi connectivity index (χ1) is 6.45. The highest BCUT2D eigenvalue weighted by Crippen LogP contribution is 2.23. The van der Waals surface area contributed by atoms with Crippen molar-refractivity contribution in [1.82, 2.24) is 4.90 Å². The topological polar surface area (TPSA) is 40.5 Å². The Morgan fingerprint density at radius 3 is 2.64 bits per heavy atom. The van der Waals surface area contributed by atoms with Gasteiger partial charge in [0, 0.05) is 19.7 Å². The van der Waals surface area contributed by atoms with Crippen LogP contribution in [0.1, 0.15) is 12.8 Å². The van der Waals surface area contributed by atoms with Crippen molar-refractivity contribution in [3.05, 3.63) is 0 Å². The molecule has 1 unspecified atom stereocenters. The first kappa shape index (κ1) is 11.3. The predicted octanol–water partition coefficient (Wildman–Crippen LogP) is 0.780. The van der Waals surface area contributed by atoms with E-state index in [0.717, 1.165) is 4.90 Å². The molecular weight excluding hydrogens is 199 g/mol. The second kappa shape index (κ2) is 4.16. The Kier molecular flexibility index (Phi) is 3.36. The van der Waals surface area contributed by atoms with Gasteiger partial charge in [-0.2, -0.15) is 13.2 Å². The third kappa shape index (κ3) is 2.60. The summed E-state index contributed by atoms with van der Waals surface area (Å²) in [5.41, 5.74) is 0. The summed E-state index contributed by atoms with van der Waals surface area (Å²) in [5.74, 6) is -2.01. The highest BCUT2D eigenvalue weighted by molar-refractivity contribution is 5.81. The molecule has 3 nitrogen and oxygen atoms in total. The van der Waals surface area contributed by atoms with Crippen molar-refractivity contribution in [1.29, 1.82) is 0 Å². The number of amides is 1. The molecule has 0 aliphatic carbocycles. The average Bonchev–Trinajstić information content (AvgIpc) is 2.15. The van der Waals surface area contributed by atoms with Gasteiger partial charge in [-0.1, -0.05) is 0 Å². The van der Waals surface area contributed by atoms with E-state index in [0.29, 0.717) is 12.8 Å². The minimum absolute atomic E-state index is 0.00877.